The van der Waals surface area contributed by atoms with Crippen molar-refractivity contribution in [1.82, 2.24) is 0 Å². The Hall–Kier alpha value is -2.78. The van der Waals surface area contributed by atoms with Gasteiger partial charge in [0.15, 0.2) is 0 Å². The molecule has 0 aliphatic carbocycles. The molecule has 4 aromatic rings. The van der Waals surface area contributed by atoms with Crippen molar-refractivity contribution in [2.75, 3.05) is 0 Å². The van der Waals surface area contributed by atoms with E-state index < -0.39 is 0 Å². The second-order valence-corrected chi connectivity index (χ2v) is 5.03. The highest BCUT2D eigenvalue weighted by molar-refractivity contribution is 6.17. The van der Waals surface area contributed by atoms with Gasteiger partial charge in [0.25, 0.3) is 0 Å². The first kappa shape index (κ1) is 11.1. The summed E-state index contributed by atoms with van der Waals surface area (Å²) < 4.78 is 0. The fourth-order valence-electron chi connectivity index (χ4n) is 2.91. The van der Waals surface area contributed by atoms with E-state index in [0.29, 0.717) is 0 Å². The van der Waals surface area contributed by atoms with Crippen LogP contribution in [0.1, 0.15) is 5.56 Å². The van der Waals surface area contributed by atoms with Crippen LogP contribution in [-0.2, 0) is 0 Å². The summed E-state index contributed by atoms with van der Waals surface area (Å²) in [6, 6.07) is 23.4. The van der Waals surface area contributed by atoms with E-state index in [0.717, 1.165) is 5.56 Å². The molecular weight excluding hydrogens is 240 g/mol. The number of terminal acetylenes is 1. The number of rotatable bonds is 0. The van der Waals surface area contributed by atoms with Crippen molar-refractivity contribution in [3.63, 3.8) is 0 Å². The lowest BCUT2D eigenvalue weighted by molar-refractivity contribution is 1.72. The van der Waals surface area contributed by atoms with Gasteiger partial charge in [-0.15, -0.1) is 6.42 Å². The molecule has 0 unspecified atom stereocenters. The van der Waals surface area contributed by atoms with Crippen LogP contribution in [0.4, 0.5) is 0 Å². The molecule has 0 aliphatic rings. The fourth-order valence-corrected chi connectivity index (χ4v) is 2.91. The van der Waals surface area contributed by atoms with Crippen LogP contribution in [0.3, 0.4) is 0 Å². The topological polar surface area (TPSA) is 0 Å². The van der Waals surface area contributed by atoms with E-state index in [4.69, 9.17) is 6.42 Å². The van der Waals surface area contributed by atoms with Crippen LogP contribution in [0.25, 0.3) is 32.3 Å². The Morgan fingerprint density at radius 2 is 1.25 bits per heavy atom. The Morgan fingerprint density at radius 3 is 2.05 bits per heavy atom. The van der Waals surface area contributed by atoms with E-state index in [1.54, 1.807) is 0 Å². The standard InChI is InChI=1S/C20H12/c1-2-14-7-8-16-10-11-18-17-6-4-3-5-15(17)9-12-19(18)20(16)13-14/h1,3-13H. The number of fused-ring (bicyclic) bond motifs is 5. The fraction of sp³-hybridized carbons (Fsp3) is 0. The molecule has 0 amide bonds. The minimum atomic E-state index is 0.929. The van der Waals surface area contributed by atoms with Crippen LogP contribution >= 0.6 is 0 Å². The predicted octanol–water partition coefficient (Wildman–Crippen LogP) is 5.13. The zero-order valence-electron chi connectivity index (χ0n) is 10.9. The molecule has 0 fully saturated rings. The molecule has 0 heteroatoms. The van der Waals surface area contributed by atoms with Gasteiger partial charge >= 0.3 is 0 Å². The maximum atomic E-state index is 5.53. The molecular formula is C20H12. The number of hydrogen-bond acceptors (Lipinski definition) is 0. The van der Waals surface area contributed by atoms with E-state index >= 15 is 0 Å². The molecule has 0 heterocycles. The number of benzene rings is 4. The highest BCUT2D eigenvalue weighted by atomic mass is 14.1. The first-order valence-corrected chi connectivity index (χ1v) is 6.68. The molecule has 0 spiro atoms. The largest absolute Gasteiger partial charge is 0.115 e. The quantitative estimate of drug-likeness (QED) is 0.301. The maximum Gasteiger partial charge on any atom is 0.0249 e. The molecule has 0 aromatic heterocycles. The summed E-state index contributed by atoms with van der Waals surface area (Å²) in [4.78, 5) is 0. The molecule has 0 aliphatic heterocycles. The third kappa shape index (κ3) is 1.51. The zero-order valence-corrected chi connectivity index (χ0v) is 10.9. The normalized spacial score (nSPS) is 10.9. The lowest BCUT2D eigenvalue weighted by atomic mass is 9.96. The van der Waals surface area contributed by atoms with E-state index in [1.165, 1.54) is 32.3 Å². The van der Waals surface area contributed by atoms with Gasteiger partial charge in [-0.25, -0.2) is 0 Å². The van der Waals surface area contributed by atoms with Crippen molar-refractivity contribution in [2.24, 2.45) is 0 Å². The Bertz CT molecular complexity index is 1000. The van der Waals surface area contributed by atoms with Crippen molar-refractivity contribution >= 4 is 32.3 Å². The lowest BCUT2D eigenvalue weighted by Crippen LogP contribution is -1.82. The smallest absolute Gasteiger partial charge is 0.0249 e. The minimum Gasteiger partial charge on any atom is -0.115 e. The van der Waals surface area contributed by atoms with Crippen LogP contribution in [0, 0.1) is 12.3 Å². The molecule has 0 atom stereocenters. The van der Waals surface area contributed by atoms with Gasteiger partial charge in [0.1, 0.15) is 0 Å². The Kier molecular flexibility index (Phi) is 2.28. The molecule has 4 rings (SSSR count). The van der Waals surface area contributed by atoms with Gasteiger partial charge in [0.2, 0.25) is 0 Å². The molecule has 0 N–H and O–H groups in total. The van der Waals surface area contributed by atoms with Crippen molar-refractivity contribution in [2.45, 2.75) is 0 Å². The average Bonchev–Trinajstić information content (AvgIpc) is 2.53. The maximum absolute atomic E-state index is 5.53. The zero-order chi connectivity index (χ0) is 13.5. The Morgan fingerprint density at radius 1 is 0.600 bits per heavy atom. The predicted molar refractivity (Wildman–Crippen MR) is 86.9 cm³/mol. The molecule has 0 bridgehead atoms. The Balaban J connectivity index is 2.25. The van der Waals surface area contributed by atoms with Crippen molar-refractivity contribution in [1.29, 1.82) is 0 Å². The van der Waals surface area contributed by atoms with Gasteiger partial charge in [-0.3, -0.25) is 0 Å². The second kappa shape index (κ2) is 4.11. The first-order valence-electron chi connectivity index (χ1n) is 6.68. The van der Waals surface area contributed by atoms with Gasteiger partial charge in [-0.05, 0) is 44.5 Å². The molecule has 0 saturated heterocycles. The summed E-state index contributed by atoms with van der Waals surface area (Å²) in [6.07, 6.45) is 5.53. The minimum absolute atomic E-state index is 0.929. The summed E-state index contributed by atoms with van der Waals surface area (Å²) in [5, 5.41) is 7.56. The first-order chi connectivity index (χ1) is 9.86. The average molecular weight is 252 g/mol. The van der Waals surface area contributed by atoms with E-state index in [2.05, 4.69) is 66.6 Å². The van der Waals surface area contributed by atoms with Crippen LogP contribution in [0.5, 0.6) is 0 Å². The van der Waals surface area contributed by atoms with Gasteiger partial charge in [-0.2, -0.15) is 0 Å². The molecule has 92 valence electrons. The van der Waals surface area contributed by atoms with E-state index in [9.17, 15) is 0 Å². The highest BCUT2D eigenvalue weighted by Crippen LogP contribution is 2.31. The summed E-state index contributed by atoms with van der Waals surface area (Å²) in [5.41, 5.74) is 0.929. The van der Waals surface area contributed by atoms with Crippen molar-refractivity contribution in [3.8, 4) is 12.3 Å². The lowest BCUT2D eigenvalue weighted by Gasteiger charge is -2.08. The highest BCUT2D eigenvalue weighted by Gasteiger charge is 2.04. The summed E-state index contributed by atoms with van der Waals surface area (Å²) in [6.45, 7) is 0. The molecule has 20 heavy (non-hydrogen) atoms. The van der Waals surface area contributed by atoms with Crippen molar-refractivity contribution < 1.29 is 0 Å². The molecule has 0 nitrogen and oxygen atoms in total. The van der Waals surface area contributed by atoms with Gasteiger partial charge in [-0.1, -0.05) is 60.5 Å². The SMILES string of the molecule is C#Cc1ccc2ccc3c4ccccc4ccc3c2c1. The van der Waals surface area contributed by atoms with Gasteiger partial charge < -0.3 is 0 Å². The van der Waals surface area contributed by atoms with Crippen LogP contribution in [-0.4, -0.2) is 0 Å². The summed E-state index contributed by atoms with van der Waals surface area (Å²) in [7, 11) is 0. The summed E-state index contributed by atoms with van der Waals surface area (Å²) in [5.74, 6) is 2.72. The third-order valence-corrected chi connectivity index (χ3v) is 3.91. The van der Waals surface area contributed by atoms with Crippen molar-refractivity contribution in [3.05, 3.63) is 72.3 Å². The van der Waals surface area contributed by atoms with Crippen LogP contribution in [0.2, 0.25) is 0 Å². The van der Waals surface area contributed by atoms with Gasteiger partial charge in [0.05, 0.1) is 0 Å². The molecule has 0 saturated carbocycles. The number of hydrogen-bond donors (Lipinski definition) is 0. The monoisotopic (exact) mass is 252 g/mol. The van der Waals surface area contributed by atoms with Crippen LogP contribution < -0.4 is 0 Å². The van der Waals surface area contributed by atoms with Crippen LogP contribution in [0.15, 0.2) is 66.7 Å². The second-order valence-electron chi connectivity index (χ2n) is 5.03. The third-order valence-electron chi connectivity index (χ3n) is 3.91. The van der Waals surface area contributed by atoms with Gasteiger partial charge in [0, 0.05) is 5.56 Å². The van der Waals surface area contributed by atoms with E-state index in [1.807, 2.05) is 6.07 Å². The molecule has 0 radical (unpaired) electrons. The summed E-state index contributed by atoms with van der Waals surface area (Å²) >= 11 is 0. The Labute approximate surface area is 117 Å². The molecule has 4 aromatic carbocycles. The van der Waals surface area contributed by atoms with E-state index in [-0.39, 0.29) is 0 Å².